The summed E-state index contributed by atoms with van der Waals surface area (Å²) < 4.78 is 29.5. The summed E-state index contributed by atoms with van der Waals surface area (Å²) in [6.07, 6.45) is 2.24. The number of hydrogen-bond donors (Lipinski definition) is 1. The SMILES string of the molecule is CCCC(C)[C@@H](c1cccc(OC(F)F)c1)N1CCNCC1. The standard InChI is InChI=1S/C17H26F2N2O/c1-3-5-13(2)16(21-10-8-20-9-11-21)14-6-4-7-15(12-14)22-17(18)19/h4,6-7,12-13,16-17,20H,3,5,8-11H2,1-2H3/t13?,16-/m0/s1. The lowest BCUT2D eigenvalue weighted by Gasteiger charge is -2.38. The summed E-state index contributed by atoms with van der Waals surface area (Å²) in [5, 5.41) is 3.36. The van der Waals surface area contributed by atoms with Gasteiger partial charge in [0.1, 0.15) is 5.75 Å². The summed E-state index contributed by atoms with van der Waals surface area (Å²) in [5.74, 6) is 0.723. The van der Waals surface area contributed by atoms with Crippen LogP contribution in [0.3, 0.4) is 0 Å². The van der Waals surface area contributed by atoms with Crippen molar-refractivity contribution >= 4 is 0 Å². The van der Waals surface area contributed by atoms with E-state index in [-0.39, 0.29) is 11.8 Å². The van der Waals surface area contributed by atoms with Crippen LogP contribution in [0, 0.1) is 5.92 Å². The van der Waals surface area contributed by atoms with Gasteiger partial charge in [-0.3, -0.25) is 4.90 Å². The average molecular weight is 312 g/mol. The average Bonchev–Trinajstić information content (AvgIpc) is 2.48. The van der Waals surface area contributed by atoms with E-state index in [1.807, 2.05) is 6.07 Å². The molecule has 5 heteroatoms. The lowest BCUT2D eigenvalue weighted by atomic mass is 9.89. The molecule has 0 aromatic heterocycles. The number of nitrogens with zero attached hydrogens (tertiary/aromatic N) is 1. The minimum absolute atomic E-state index is 0.247. The molecule has 1 saturated heterocycles. The van der Waals surface area contributed by atoms with Crippen molar-refractivity contribution in [3.63, 3.8) is 0 Å². The minimum atomic E-state index is -2.78. The number of rotatable bonds is 7. The summed E-state index contributed by atoms with van der Waals surface area (Å²) in [4.78, 5) is 2.46. The maximum Gasteiger partial charge on any atom is 0.387 e. The second-order valence-corrected chi connectivity index (χ2v) is 5.95. The molecule has 1 aliphatic heterocycles. The van der Waals surface area contributed by atoms with Gasteiger partial charge in [-0.2, -0.15) is 8.78 Å². The Kier molecular flexibility index (Phi) is 6.58. The lowest BCUT2D eigenvalue weighted by Crippen LogP contribution is -2.46. The Morgan fingerprint density at radius 3 is 2.64 bits per heavy atom. The van der Waals surface area contributed by atoms with Gasteiger partial charge in [0, 0.05) is 32.2 Å². The highest BCUT2D eigenvalue weighted by Gasteiger charge is 2.27. The van der Waals surface area contributed by atoms with Crippen molar-refractivity contribution in [2.45, 2.75) is 39.3 Å². The largest absolute Gasteiger partial charge is 0.435 e. The minimum Gasteiger partial charge on any atom is -0.435 e. The van der Waals surface area contributed by atoms with E-state index in [0.29, 0.717) is 5.92 Å². The van der Waals surface area contributed by atoms with Gasteiger partial charge in [-0.05, 0) is 30.0 Å². The van der Waals surface area contributed by atoms with E-state index in [1.165, 1.54) is 0 Å². The van der Waals surface area contributed by atoms with Crippen LogP contribution in [0.1, 0.15) is 38.3 Å². The summed E-state index contributed by atoms with van der Waals surface area (Å²) in [6, 6.07) is 7.45. The van der Waals surface area contributed by atoms with Crippen LogP contribution < -0.4 is 10.1 Å². The monoisotopic (exact) mass is 312 g/mol. The third kappa shape index (κ3) is 4.65. The molecule has 0 radical (unpaired) electrons. The first kappa shape index (κ1) is 17.2. The van der Waals surface area contributed by atoms with Gasteiger partial charge in [0.05, 0.1) is 0 Å². The zero-order chi connectivity index (χ0) is 15.9. The fourth-order valence-electron chi connectivity index (χ4n) is 3.35. The quantitative estimate of drug-likeness (QED) is 0.831. The molecule has 1 aromatic rings. The predicted octanol–water partition coefficient (Wildman–Crippen LogP) is 3.67. The van der Waals surface area contributed by atoms with Crippen molar-refractivity contribution < 1.29 is 13.5 Å². The molecule has 0 amide bonds. The number of ether oxygens (including phenoxy) is 1. The number of hydrogen-bond acceptors (Lipinski definition) is 3. The first-order chi connectivity index (χ1) is 10.6. The first-order valence-corrected chi connectivity index (χ1v) is 8.11. The molecule has 0 saturated carbocycles. The van der Waals surface area contributed by atoms with Crippen molar-refractivity contribution in [1.82, 2.24) is 10.2 Å². The summed E-state index contributed by atoms with van der Waals surface area (Å²) >= 11 is 0. The molecule has 1 aromatic carbocycles. The van der Waals surface area contributed by atoms with Crippen LogP contribution in [0.5, 0.6) is 5.75 Å². The highest BCUT2D eigenvalue weighted by Crippen LogP contribution is 2.33. The molecule has 3 nitrogen and oxygen atoms in total. The van der Waals surface area contributed by atoms with Crippen LogP contribution >= 0.6 is 0 Å². The number of benzene rings is 1. The van der Waals surface area contributed by atoms with Crippen molar-refractivity contribution in [1.29, 1.82) is 0 Å². The van der Waals surface area contributed by atoms with Crippen LogP contribution in [-0.2, 0) is 0 Å². The van der Waals surface area contributed by atoms with Crippen LogP contribution in [0.25, 0.3) is 0 Å². The van der Waals surface area contributed by atoms with E-state index >= 15 is 0 Å². The van der Waals surface area contributed by atoms with Crippen molar-refractivity contribution in [2.24, 2.45) is 5.92 Å². The molecular formula is C17H26F2N2O. The maximum atomic E-state index is 12.4. The molecule has 0 aliphatic carbocycles. The molecule has 22 heavy (non-hydrogen) atoms. The topological polar surface area (TPSA) is 24.5 Å². The van der Waals surface area contributed by atoms with Crippen LogP contribution in [-0.4, -0.2) is 37.7 Å². The Balaban J connectivity index is 2.23. The Hall–Kier alpha value is -1.20. The van der Waals surface area contributed by atoms with E-state index in [1.54, 1.807) is 18.2 Å². The highest BCUT2D eigenvalue weighted by atomic mass is 19.3. The molecule has 2 rings (SSSR count). The molecule has 124 valence electrons. The first-order valence-electron chi connectivity index (χ1n) is 8.11. The summed E-state index contributed by atoms with van der Waals surface area (Å²) in [5.41, 5.74) is 1.07. The van der Waals surface area contributed by atoms with Crippen molar-refractivity contribution in [3.8, 4) is 5.75 Å². The molecule has 1 heterocycles. The fourth-order valence-corrected chi connectivity index (χ4v) is 3.35. The molecule has 1 fully saturated rings. The predicted molar refractivity (Wildman–Crippen MR) is 84.3 cm³/mol. The van der Waals surface area contributed by atoms with Crippen LogP contribution in [0.2, 0.25) is 0 Å². The van der Waals surface area contributed by atoms with Gasteiger partial charge in [-0.1, -0.05) is 32.4 Å². The highest BCUT2D eigenvalue weighted by molar-refractivity contribution is 5.31. The molecule has 2 atom stereocenters. The Labute approximate surface area is 131 Å². The Morgan fingerprint density at radius 1 is 1.27 bits per heavy atom. The van der Waals surface area contributed by atoms with Crippen molar-refractivity contribution in [2.75, 3.05) is 26.2 Å². The lowest BCUT2D eigenvalue weighted by molar-refractivity contribution is -0.0499. The maximum absolute atomic E-state index is 12.4. The van der Waals surface area contributed by atoms with Gasteiger partial charge >= 0.3 is 6.61 Å². The molecule has 0 bridgehead atoms. The van der Waals surface area contributed by atoms with Gasteiger partial charge in [-0.25, -0.2) is 0 Å². The zero-order valence-electron chi connectivity index (χ0n) is 13.4. The van der Waals surface area contributed by atoms with Crippen LogP contribution in [0.15, 0.2) is 24.3 Å². The molecule has 1 N–H and O–H groups in total. The number of alkyl halides is 2. The third-order valence-electron chi connectivity index (χ3n) is 4.25. The van der Waals surface area contributed by atoms with E-state index in [4.69, 9.17) is 0 Å². The van der Waals surface area contributed by atoms with E-state index in [9.17, 15) is 8.78 Å². The third-order valence-corrected chi connectivity index (χ3v) is 4.25. The van der Waals surface area contributed by atoms with E-state index in [2.05, 4.69) is 28.8 Å². The number of piperazine rings is 1. The second-order valence-electron chi connectivity index (χ2n) is 5.95. The van der Waals surface area contributed by atoms with Crippen LogP contribution in [0.4, 0.5) is 8.78 Å². The summed E-state index contributed by atoms with van der Waals surface area (Å²) in [6.45, 7) is 5.57. The van der Waals surface area contributed by atoms with E-state index < -0.39 is 6.61 Å². The zero-order valence-corrected chi connectivity index (χ0v) is 13.4. The van der Waals surface area contributed by atoms with E-state index in [0.717, 1.165) is 44.6 Å². The molecule has 0 spiro atoms. The van der Waals surface area contributed by atoms with Crippen molar-refractivity contribution in [3.05, 3.63) is 29.8 Å². The Bertz CT molecular complexity index is 450. The smallest absolute Gasteiger partial charge is 0.387 e. The number of halogens is 2. The second kappa shape index (κ2) is 8.44. The van der Waals surface area contributed by atoms with Gasteiger partial charge in [-0.15, -0.1) is 0 Å². The van der Waals surface area contributed by atoms with Gasteiger partial charge in [0.2, 0.25) is 0 Å². The van der Waals surface area contributed by atoms with Gasteiger partial charge in [0.15, 0.2) is 0 Å². The number of nitrogens with one attached hydrogen (secondary N) is 1. The molecule has 1 unspecified atom stereocenters. The summed E-state index contributed by atoms with van der Waals surface area (Å²) in [7, 11) is 0. The fraction of sp³-hybridized carbons (Fsp3) is 0.647. The van der Waals surface area contributed by atoms with Gasteiger partial charge < -0.3 is 10.1 Å². The molecule has 1 aliphatic rings. The Morgan fingerprint density at radius 2 is 2.00 bits per heavy atom. The van der Waals surface area contributed by atoms with Gasteiger partial charge in [0.25, 0.3) is 0 Å². The normalized spacial score (nSPS) is 19.1. The molecular weight excluding hydrogens is 286 g/mol.